The fourth-order valence-electron chi connectivity index (χ4n) is 4.51. The van der Waals surface area contributed by atoms with E-state index in [9.17, 15) is 13.6 Å². The molecule has 2 aliphatic carbocycles. The number of aromatic nitrogens is 2. The van der Waals surface area contributed by atoms with Crippen LogP contribution in [0.1, 0.15) is 60.4 Å². The summed E-state index contributed by atoms with van der Waals surface area (Å²) in [5.74, 6) is -1.31. The number of hydrogen-bond acceptors (Lipinski definition) is 4. The molecule has 0 spiro atoms. The van der Waals surface area contributed by atoms with E-state index >= 15 is 0 Å². The number of nitrogens with one attached hydrogen (secondary N) is 3. The zero-order valence-corrected chi connectivity index (χ0v) is 19.8. The molecule has 7 nitrogen and oxygen atoms in total. The van der Waals surface area contributed by atoms with E-state index in [2.05, 4.69) is 37.0 Å². The Morgan fingerprint density at radius 1 is 0.861 bits per heavy atom. The first-order valence-electron chi connectivity index (χ1n) is 12.3. The summed E-state index contributed by atoms with van der Waals surface area (Å²) >= 11 is 0. The number of benzene rings is 2. The van der Waals surface area contributed by atoms with Gasteiger partial charge in [-0.3, -0.25) is 4.79 Å². The maximum absolute atomic E-state index is 13.7. The van der Waals surface area contributed by atoms with Crippen molar-refractivity contribution in [2.45, 2.75) is 56.5 Å². The molecular weight excluding hydrogens is 462 g/mol. The van der Waals surface area contributed by atoms with Crippen molar-refractivity contribution in [3.63, 3.8) is 0 Å². The number of rotatable bonds is 6. The van der Waals surface area contributed by atoms with Crippen LogP contribution in [0.4, 0.5) is 20.4 Å². The zero-order chi connectivity index (χ0) is 24.9. The third kappa shape index (κ3) is 6.02. The fraction of sp³-hybridized carbons (Fsp3) is 0.333. The molecule has 2 aromatic carbocycles. The van der Waals surface area contributed by atoms with Crippen LogP contribution in [0.15, 0.2) is 65.9 Å². The van der Waals surface area contributed by atoms with Crippen molar-refractivity contribution in [3.8, 4) is 0 Å². The van der Waals surface area contributed by atoms with E-state index in [4.69, 9.17) is 0 Å². The smallest absolute Gasteiger partial charge is 0.280 e. The lowest BCUT2D eigenvalue weighted by atomic mass is 9.91. The SMILES string of the molecule is O=C(/N=C(/Nc1ccccc1C1CC1)N[C@H]1CC[C@H](Nc2ncccn2)CC1)c1ccc(F)c(F)c1. The third-order valence-corrected chi connectivity index (χ3v) is 6.58. The number of carbonyl (C=O) groups is 1. The Labute approximate surface area is 208 Å². The monoisotopic (exact) mass is 490 g/mol. The number of hydrogen-bond donors (Lipinski definition) is 3. The minimum atomic E-state index is -1.08. The Balaban J connectivity index is 1.30. The summed E-state index contributed by atoms with van der Waals surface area (Å²) in [6, 6.07) is 13.2. The minimum absolute atomic E-state index is 0.0127. The van der Waals surface area contributed by atoms with Crippen molar-refractivity contribution >= 4 is 23.5 Å². The van der Waals surface area contributed by atoms with Gasteiger partial charge in [-0.2, -0.15) is 4.99 Å². The number of guanidine groups is 1. The van der Waals surface area contributed by atoms with E-state index in [1.54, 1.807) is 18.5 Å². The Hall–Kier alpha value is -3.88. The van der Waals surface area contributed by atoms with E-state index < -0.39 is 17.5 Å². The Morgan fingerprint density at radius 2 is 1.58 bits per heavy atom. The van der Waals surface area contributed by atoms with E-state index in [0.717, 1.165) is 56.3 Å². The number of amides is 1. The lowest BCUT2D eigenvalue weighted by Crippen LogP contribution is -2.43. The molecule has 0 saturated heterocycles. The molecule has 5 rings (SSSR count). The van der Waals surface area contributed by atoms with Gasteiger partial charge in [0.05, 0.1) is 0 Å². The Bertz CT molecular complexity index is 1240. The molecule has 0 bridgehead atoms. The summed E-state index contributed by atoms with van der Waals surface area (Å²) in [5, 5.41) is 10.1. The first-order valence-corrected chi connectivity index (χ1v) is 12.3. The molecule has 186 valence electrons. The molecule has 9 heteroatoms. The van der Waals surface area contributed by atoms with Gasteiger partial charge in [0.1, 0.15) is 0 Å². The molecular formula is C27H28F2N6O. The lowest BCUT2D eigenvalue weighted by Gasteiger charge is -2.30. The van der Waals surface area contributed by atoms with Crippen molar-refractivity contribution in [1.29, 1.82) is 0 Å². The van der Waals surface area contributed by atoms with E-state index in [0.29, 0.717) is 17.8 Å². The molecule has 2 fully saturated rings. The van der Waals surface area contributed by atoms with Gasteiger partial charge in [0.15, 0.2) is 11.6 Å². The highest BCUT2D eigenvalue weighted by atomic mass is 19.2. The van der Waals surface area contributed by atoms with E-state index in [-0.39, 0.29) is 17.6 Å². The van der Waals surface area contributed by atoms with Crippen molar-refractivity contribution in [2.75, 3.05) is 10.6 Å². The maximum atomic E-state index is 13.7. The number of halogens is 2. The van der Waals surface area contributed by atoms with Gasteiger partial charge in [-0.05, 0) is 80.3 Å². The average molecular weight is 491 g/mol. The summed E-state index contributed by atoms with van der Waals surface area (Å²) in [6.45, 7) is 0. The van der Waals surface area contributed by atoms with Gasteiger partial charge in [-0.1, -0.05) is 18.2 Å². The number of nitrogens with zero attached hydrogens (tertiary/aromatic N) is 3. The van der Waals surface area contributed by atoms with Crippen LogP contribution in [-0.4, -0.2) is 33.9 Å². The number of para-hydroxylation sites is 1. The average Bonchev–Trinajstić information content (AvgIpc) is 3.73. The molecule has 0 atom stereocenters. The van der Waals surface area contributed by atoms with Crippen LogP contribution in [-0.2, 0) is 0 Å². The van der Waals surface area contributed by atoms with Crippen molar-refractivity contribution in [3.05, 3.63) is 83.7 Å². The summed E-state index contributed by atoms with van der Waals surface area (Å²) in [4.78, 5) is 25.6. The second-order valence-corrected chi connectivity index (χ2v) is 9.29. The highest BCUT2D eigenvalue weighted by Crippen LogP contribution is 2.43. The van der Waals surface area contributed by atoms with Crippen LogP contribution >= 0.6 is 0 Å². The topological polar surface area (TPSA) is 91.3 Å². The quantitative estimate of drug-likeness (QED) is 0.323. The van der Waals surface area contributed by atoms with Crippen molar-refractivity contribution in [2.24, 2.45) is 4.99 Å². The lowest BCUT2D eigenvalue weighted by molar-refractivity contribution is 0.100. The van der Waals surface area contributed by atoms with Crippen molar-refractivity contribution in [1.82, 2.24) is 15.3 Å². The molecule has 1 aromatic heterocycles. The standard InChI is InChI=1S/C27H28F2N6O/c28-22-13-8-18(16-23(22)29)25(36)35-27(34-24-5-2-1-4-21(24)17-6-7-17)33-20-11-9-19(10-12-20)32-26-30-14-3-15-31-26/h1-5,8,13-17,19-20H,6-7,9-12H2,(H,30,31,32)(H2,33,34,35,36)/t19-,20-. The van der Waals surface area contributed by atoms with Crippen LogP contribution in [0.25, 0.3) is 0 Å². The summed E-state index contributed by atoms with van der Waals surface area (Å²) in [6.07, 6.45) is 9.20. The molecule has 3 aromatic rings. The van der Waals surface area contributed by atoms with Gasteiger partial charge in [-0.15, -0.1) is 0 Å². The van der Waals surface area contributed by atoms with Crippen LogP contribution < -0.4 is 16.0 Å². The first-order chi connectivity index (χ1) is 17.5. The Morgan fingerprint density at radius 3 is 2.31 bits per heavy atom. The second kappa shape index (κ2) is 10.8. The molecule has 2 saturated carbocycles. The first kappa shape index (κ1) is 23.8. The molecule has 0 unspecified atom stereocenters. The summed E-state index contributed by atoms with van der Waals surface area (Å²) < 4.78 is 27.1. The molecule has 1 heterocycles. The predicted molar refractivity (Wildman–Crippen MR) is 135 cm³/mol. The Kier molecular flexibility index (Phi) is 7.16. The minimum Gasteiger partial charge on any atom is -0.353 e. The zero-order valence-electron chi connectivity index (χ0n) is 19.8. The normalized spacial score (nSPS) is 20.0. The second-order valence-electron chi connectivity index (χ2n) is 9.29. The molecule has 2 aliphatic rings. The van der Waals surface area contributed by atoms with Crippen LogP contribution in [0.2, 0.25) is 0 Å². The van der Waals surface area contributed by atoms with Gasteiger partial charge in [0.25, 0.3) is 5.91 Å². The van der Waals surface area contributed by atoms with Gasteiger partial charge in [-0.25, -0.2) is 18.7 Å². The maximum Gasteiger partial charge on any atom is 0.280 e. The summed E-state index contributed by atoms with van der Waals surface area (Å²) in [7, 11) is 0. The third-order valence-electron chi connectivity index (χ3n) is 6.58. The molecule has 0 radical (unpaired) electrons. The van der Waals surface area contributed by atoms with Crippen LogP contribution in [0.5, 0.6) is 0 Å². The summed E-state index contributed by atoms with van der Waals surface area (Å²) in [5.41, 5.74) is 2.06. The molecule has 1 amide bonds. The largest absolute Gasteiger partial charge is 0.353 e. The molecule has 36 heavy (non-hydrogen) atoms. The predicted octanol–water partition coefficient (Wildman–Crippen LogP) is 5.25. The van der Waals surface area contributed by atoms with E-state index in [1.165, 1.54) is 11.6 Å². The van der Waals surface area contributed by atoms with Gasteiger partial charge >= 0.3 is 0 Å². The number of carbonyl (C=O) groups excluding carboxylic acids is 1. The van der Waals surface area contributed by atoms with Crippen LogP contribution in [0, 0.1) is 11.6 Å². The highest BCUT2D eigenvalue weighted by Gasteiger charge is 2.27. The van der Waals surface area contributed by atoms with Gasteiger partial charge in [0, 0.05) is 35.7 Å². The fourth-order valence-corrected chi connectivity index (χ4v) is 4.51. The number of anilines is 2. The van der Waals surface area contributed by atoms with Crippen LogP contribution in [0.3, 0.4) is 0 Å². The van der Waals surface area contributed by atoms with E-state index in [1.807, 2.05) is 18.2 Å². The molecule has 3 N–H and O–H groups in total. The highest BCUT2D eigenvalue weighted by molar-refractivity contribution is 6.07. The van der Waals surface area contributed by atoms with Gasteiger partial charge in [0.2, 0.25) is 11.9 Å². The molecule has 0 aliphatic heterocycles. The van der Waals surface area contributed by atoms with Gasteiger partial charge < -0.3 is 16.0 Å². The van der Waals surface area contributed by atoms with Crippen molar-refractivity contribution < 1.29 is 13.6 Å². The number of aliphatic imine (C=N–C) groups is 1.